The Hall–Kier alpha value is -2.41. The third kappa shape index (κ3) is 4.32. The molecule has 2 atom stereocenters. The molecule has 0 saturated carbocycles. The van der Waals surface area contributed by atoms with Crippen molar-refractivity contribution < 1.29 is 4.39 Å². The van der Waals surface area contributed by atoms with Crippen LogP contribution in [0.2, 0.25) is 0 Å². The summed E-state index contributed by atoms with van der Waals surface area (Å²) in [4.78, 5) is 0. The van der Waals surface area contributed by atoms with Crippen molar-refractivity contribution in [2.45, 2.75) is 25.2 Å². The van der Waals surface area contributed by atoms with Crippen LogP contribution in [0.15, 0.2) is 91.1 Å². The van der Waals surface area contributed by atoms with E-state index in [4.69, 9.17) is 0 Å². The van der Waals surface area contributed by atoms with E-state index in [2.05, 4.69) is 60.7 Å². The molecular formula is C23H23F. The Morgan fingerprint density at radius 3 is 2.54 bits per heavy atom. The number of benzene rings is 2. The van der Waals surface area contributed by atoms with Gasteiger partial charge in [-0.15, -0.1) is 0 Å². The summed E-state index contributed by atoms with van der Waals surface area (Å²) in [6.07, 6.45) is 15.8. The highest BCUT2D eigenvalue weighted by molar-refractivity contribution is 5.30. The first-order chi connectivity index (χ1) is 11.8. The summed E-state index contributed by atoms with van der Waals surface area (Å²) in [7, 11) is 0. The van der Waals surface area contributed by atoms with Gasteiger partial charge in [-0.1, -0.05) is 85.0 Å². The summed E-state index contributed by atoms with van der Waals surface area (Å²) in [6, 6.07) is 17.6. The van der Waals surface area contributed by atoms with Gasteiger partial charge in [-0.25, -0.2) is 4.39 Å². The monoisotopic (exact) mass is 318 g/mol. The Morgan fingerprint density at radius 1 is 1.00 bits per heavy atom. The maximum atomic E-state index is 14.3. The molecule has 0 N–H and O–H groups in total. The van der Waals surface area contributed by atoms with Gasteiger partial charge in [-0.3, -0.25) is 0 Å². The van der Waals surface area contributed by atoms with Crippen LogP contribution in [0.5, 0.6) is 0 Å². The Morgan fingerprint density at radius 2 is 1.79 bits per heavy atom. The summed E-state index contributed by atoms with van der Waals surface area (Å²) < 4.78 is 14.3. The van der Waals surface area contributed by atoms with E-state index in [-0.39, 0.29) is 11.7 Å². The third-order valence-electron chi connectivity index (χ3n) is 4.53. The predicted octanol–water partition coefficient (Wildman–Crippen LogP) is 6.23. The second kappa shape index (κ2) is 8.44. The smallest absolute Gasteiger partial charge is 0.127 e. The molecule has 0 heterocycles. The first kappa shape index (κ1) is 16.4. The van der Waals surface area contributed by atoms with Crippen molar-refractivity contribution in [2.24, 2.45) is 5.92 Å². The molecule has 0 bridgehead atoms. The Bertz CT molecular complexity index is 725. The fraction of sp³-hybridized carbons (Fsp3) is 0.217. The zero-order valence-electron chi connectivity index (χ0n) is 13.8. The van der Waals surface area contributed by atoms with E-state index in [0.29, 0.717) is 5.92 Å². The summed E-state index contributed by atoms with van der Waals surface area (Å²) in [5.41, 5.74) is 2.13. The van der Waals surface area contributed by atoms with Gasteiger partial charge in [0.25, 0.3) is 0 Å². The maximum absolute atomic E-state index is 14.3. The van der Waals surface area contributed by atoms with Crippen LogP contribution >= 0.6 is 0 Å². The Kier molecular flexibility index (Phi) is 5.79. The molecule has 2 aromatic carbocycles. The van der Waals surface area contributed by atoms with Gasteiger partial charge in [0.2, 0.25) is 0 Å². The number of allylic oxidation sites excluding steroid dienone is 6. The predicted molar refractivity (Wildman–Crippen MR) is 99.4 cm³/mol. The van der Waals surface area contributed by atoms with E-state index in [9.17, 15) is 4.39 Å². The first-order valence-electron chi connectivity index (χ1n) is 8.63. The van der Waals surface area contributed by atoms with E-state index < -0.39 is 0 Å². The van der Waals surface area contributed by atoms with Crippen LogP contribution in [-0.2, 0) is 6.42 Å². The summed E-state index contributed by atoms with van der Waals surface area (Å²) in [5, 5.41) is 0. The summed E-state index contributed by atoms with van der Waals surface area (Å²) in [5.74, 6) is 0.293. The zero-order chi connectivity index (χ0) is 16.6. The molecule has 0 spiro atoms. The van der Waals surface area contributed by atoms with Crippen molar-refractivity contribution in [3.05, 3.63) is 108 Å². The van der Waals surface area contributed by atoms with Gasteiger partial charge in [0, 0.05) is 5.92 Å². The molecule has 3 rings (SSSR count). The average molecular weight is 318 g/mol. The van der Waals surface area contributed by atoms with Gasteiger partial charge in [0.15, 0.2) is 0 Å². The third-order valence-corrected chi connectivity index (χ3v) is 4.53. The standard InChI is InChI=1S/C23H23F/c24-23-18-10-9-17-22(23)21(20-14-5-2-6-15-20)16-8-7-13-19-11-3-1-4-12-19/h1-6,8-12,14,16-18,20-21H,7,13,15H2. The van der Waals surface area contributed by atoms with Gasteiger partial charge >= 0.3 is 0 Å². The molecule has 0 fully saturated rings. The molecule has 0 radical (unpaired) electrons. The Balaban J connectivity index is 1.72. The molecule has 0 nitrogen and oxygen atoms in total. The lowest BCUT2D eigenvalue weighted by molar-refractivity contribution is 0.539. The van der Waals surface area contributed by atoms with Crippen molar-refractivity contribution in [2.75, 3.05) is 0 Å². The number of hydrogen-bond donors (Lipinski definition) is 0. The Labute approximate surface area is 144 Å². The molecule has 2 unspecified atom stereocenters. The second-order valence-electron chi connectivity index (χ2n) is 6.21. The van der Waals surface area contributed by atoms with Gasteiger partial charge in [0.1, 0.15) is 5.82 Å². The maximum Gasteiger partial charge on any atom is 0.127 e. The first-order valence-corrected chi connectivity index (χ1v) is 8.63. The number of halogens is 1. The fourth-order valence-electron chi connectivity index (χ4n) is 3.23. The van der Waals surface area contributed by atoms with Gasteiger partial charge in [-0.05, 0) is 42.4 Å². The minimum atomic E-state index is -0.113. The normalized spacial score (nSPS) is 18.1. The van der Waals surface area contributed by atoms with Crippen LogP contribution in [0.4, 0.5) is 4.39 Å². The van der Waals surface area contributed by atoms with E-state index in [1.54, 1.807) is 12.1 Å². The van der Waals surface area contributed by atoms with Crippen molar-refractivity contribution >= 4 is 0 Å². The molecular weight excluding hydrogens is 295 g/mol. The number of aryl methyl sites for hydroxylation is 1. The minimum absolute atomic E-state index is 0.0863. The molecule has 0 aromatic heterocycles. The highest BCUT2D eigenvalue weighted by atomic mass is 19.1. The summed E-state index contributed by atoms with van der Waals surface area (Å²) in [6.45, 7) is 0. The van der Waals surface area contributed by atoms with Crippen molar-refractivity contribution in [1.82, 2.24) is 0 Å². The van der Waals surface area contributed by atoms with Gasteiger partial charge in [0.05, 0.1) is 0 Å². The second-order valence-corrected chi connectivity index (χ2v) is 6.21. The highest BCUT2D eigenvalue weighted by Crippen LogP contribution is 2.33. The van der Waals surface area contributed by atoms with Crippen LogP contribution in [0.3, 0.4) is 0 Å². The molecule has 1 aliphatic rings. The van der Waals surface area contributed by atoms with Crippen molar-refractivity contribution in [3.8, 4) is 0 Å². The molecule has 0 amide bonds. The molecule has 0 aliphatic heterocycles. The topological polar surface area (TPSA) is 0 Å². The lowest BCUT2D eigenvalue weighted by atomic mass is 9.81. The minimum Gasteiger partial charge on any atom is -0.207 e. The van der Waals surface area contributed by atoms with Crippen LogP contribution < -0.4 is 0 Å². The SMILES string of the molecule is Fc1ccccc1C(C=CCCc1ccccc1)C1C=CC=CC1. The van der Waals surface area contributed by atoms with Crippen molar-refractivity contribution in [1.29, 1.82) is 0 Å². The fourth-order valence-corrected chi connectivity index (χ4v) is 3.23. The largest absolute Gasteiger partial charge is 0.207 e. The number of rotatable bonds is 6. The van der Waals surface area contributed by atoms with Crippen LogP contribution in [0.25, 0.3) is 0 Å². The molecule has 24 heavy (non-hydrogen) atoms. The van der Waals surface area contributed by atoms with Crippen molar-refractivity contribution in [3.63, 3.8) is 0 Å². The summed E-state index contributed by atoms with van der Waals surface area (Å²) >= 11 is 0. The zero-order valence-corrected chi connectivity index (χ0v) is 13.8. The average Bonchev–Trinajstić information content (AvgIpc) is 2.64. The molecule has 2 aromatic rings. The van der Waals surface area contributed by atoms with E-state index in [1.807, 2.05) is 18.2 Å². The van der Waals surface area contributed by atoms with Gasteiger partial charge < -0.3 is 0 Å². The van der Waals surface area contributed by atoms with E-state index in [0.717, 1.165) is 24.8 Å². The molecule has 122 valence electrons. The molecule has 1 aliphatic carbocycles. The quantitative estimate of drug-likeness (QED) is 0.554. The molecule has 0 saturated heterocycles. The van der Waals surface area contributed by atoms with Crippen LogP contribution in [-0.4, -0.2) is 0 Å². The highest BCUT2D eigenvalue weighted by Gasteiger charge is 2.21. The van der Waals surface area contributed by atoms with E-state index >= 15 is 0 Å². The lowest BCUT2D eigenvalue weighted by Gasteiger charge is -2.23. The van der Waals surface area contributed by atoms with Crippen LogP contribution in [0, 0.1) is 11.7 Å². The van der Waals surface area contributed by atoms with Crippen LogP contribution in [0.1, 0.15) is 29.9 Å². The van der Waals surface area contributed by atoms with E-state index in [1.165, 1.54) is 5.56 Å². The number of hydrogen-bond acceptors (Lipinski definition) is 0. The molecule has 1 heteroatoms. The van der Waals surface area contributed by atoms with Gasteiger partial charge in [-0.2, -0.15) is 0 Å². The lowest BCUT2D eigenvalue weighted by Crippen LogP contribution is -2.11.